The Kier molecular flexibility index (Phi) is 5.42. The number of carbonyl (C=O) groups is 2. The highest BCUT2D eigenvalue weighted by Gasteiger charge is 2.30. The van der Waals surface area contributed by atoms with Crippen molar-refractivity contribution in [3.63, 3.8) is 0 Å². The number of aliphatic carboxylic acids is 1. The second kappa shape index (κ2) is 8.16. The summed E-state index contributed by atoms with van der Waals surface area (Å²) < 4.78 is 19.1. The van der Waals surface area contributed by atoms with Crippen LogP contribution in [0.25, 0.3) is 11.1 Å². The second-order valence-corrected chi connectivity index (χ2v) is 7.32. The number of hydrogen-bond donors (Lipinski definition) is 2. The number of alkyl carbamates (subject to hydrolysis) is 1. The van der Waals surface area contributed by atoms with Gasteiger partial charge in [0.1, 0.15) is 12.4 Å². The topological polar surface area (TPSA) is 75.6 Å². The summed E-state index contributed by atoms with van der Waals surface area (Å²) in [5.41, 5.74) is 4.31. The van der Waals surface area contributed by atoms with Gasteiger partial charge in [-0.2, -0.15) is 0 Å². The van der Waals surface area contributed by atoms with Gasteiger partial charge in [0.05, 0.1) is 5.02 Å². The molecule has 1 amide bonds. The molecule has 0 aliphatic heterocycles. The number of nitrogens with one attached hydrogen (secondary N) is 1. The number of benzene rings is 3. The molecule has 5 nitrogen and oxygen atoms in total. The van der Waals surface area contributed by atoms with Crippen molar-refractivity contribution in [3.8, 4) is 11.1 Å². The van der Waals surface area contributed by atoms with E-state index in [1.807, 2.05) is 48.5 Å². The molecule has 0 saturated heterocycles. The lowest BCUT2D eigenvalue weighted by Gasteiger charge is -2.18. The Morgan fingerprint density at radius 2 is 1.63 bits per heavy atom. The molecule has 2 N–H and O–H groups in total. The van der Waals surface area contributed by atoms with Crippen LogP contribution in [0.15, 0.2) is 66.7 Å². The maximum Gasteiger partial charge on any atom is 0.408 e. The first-order chi connectivity index (χ1) is 14.5. The number of fused-ring (bicyclic) bond motifs is 3. The van der Waals surface area contributed by atoms with Crippen molar-refractivity contribution in [2.45, 2.75) is 12.0 Å². The summed E-state index contributed by atoms with van der Waals surface area (Å²) in [6, 6.07) is 17.8. The van der Waals surface area contributed by atoms with Crippen LogP contribution in [0.1, 0.15) is 28.7 Å². The molecule has 0 unspecified atom stereocenters. The van der Waals surface area contributed by atoms with Crippen LogP contribution in [0, 0.1) is 5.82 Å². The molecule has 1 aliphatic carbocycles. The van der Waals surface area contributed by atoms with Gasteiger partial charge in [-0.05, 0) is 39.9 Å². The van der Waals surface area contributed by atoms with E-state index >= 15 is 0 Å². The first kappa shape index (κ1) is 19.9. The fourth-order valence-corrected chi connectivity index (χ4v) is 3.86. The normalized spacial score (nSPS) is 13.3. The van der Waals surface area contributed by atoms with E-state index in [2.05, 4.69) is 5.32 Å². The molecule has 3 aromatic rings. The number of carbonyl (C=O) groups excluding carboxylic acids is 1. The number of carboxylic acids is 1. The lowest BCUT2D eigenvalue weighted by atomic mass is 9.98. The van der Waals surface area contributed by atoms with E-state index in [0.717, 1.165) is 28.3 Å². The average Bonchev–Trinajstić information content (AvgIpc) is 3.06. The van der Waals surface area contributed by atoms with Crippen molar-refractivity contribution in [2.24, 2.45) is 0 Å². The smallest absolute Gasteiger partial charge is 0.408 e. The average molecular weight is 426 g/mol. The number of halogens is 2. The van der Waals surface area contributed by atoms with Gasteiger partial charge in [0, 0.05) is 5.92 Å². The molecule has 0 saturated carbocycles. The SMILES string of the molecule is O=C(N[C@@H](C(=O)O)c1ccc(Cl)c(F)c1)OCC1c2ccccc2-c2ccccc21. The Balaban J connectivity index is 1.49. The van der Waals surface area contributed by atoms with E-state index in [-0.39, 0.29) is 23.1 Å². The number of ether oxygens (including phenoxy) is 1. The monoisotopic (exact) mass is 425 g/mol. The zero-order valence-corrected chi connectivity index (χ0v) is 16.4. The predicted octanol–water partition coefficient (Wildman–Crippen LogP) is 5.14. The van der Waals surface area contributed by atoms with Crippen LogP contribution in [0.5, 0.6) is 0 Å². The van der Waals surface area contributed by atoms with Gasteiger partial charge in [-0.25, -0.2) is 14.0 Å². The second-order valence-electron chi connectivity index (χ2n) is 6.91. The summed E-state index contributed by atoms with van der Waals surface area (Å²) in [6.45, 7) is 0.0428. The Morgan fingerprint density at radius 1 is 1.03 bits per heavy atom. The van der Waals surface area contributed by atoms with Crippen molar-refractivity contribution in [2.75, 3.05) is 6.61 Å². The summed E-state index contributed by atoms with van der Waals surface area (Å²) in [5.74, 6) is -2.26. The van der Waals surface area contributed by atoms with Crippen molar-refractivity contribution < 1.29 is 23.8 Å². The van der Waals surface area contributed by atoms with Crippen LogP contribution in [-0.4, -0.2) is 23.8 Å². The number of carboxylic acid groups (broad SMARTS) is 1. The minimum absolute atomic E-state index is 0.0428. The summed E-state index contributed by atoms with van der Waals surface area (Å²) in [6.07, 6.45) is -0.903. The van der Waals surface area contributed by atoms with Crippen LogP contribution < -0.4 is 5.32 Å². The Morgan fingerprint density at radius 3 is 2.20 bits per heavy atom. The van der Waals surface area contributed by atoms with E-state index in [9.17, 15) is 19.1 Å². The predicted molar refractivity (Wildman–Crippen MR) is 110 cm³/mol. The molecule has 0 fully saturated rings. The highest BCUT2D eigenvalue weighted by molar-refractivity contribution is 6.30. The first-order valence-electron chi connectivity index (χ1n) is 9.25. The van der Waals surface area contributed by atoms with Crippen molar-refractivity contribution in [1.29, 1.82) is 0 Å². The molecule has 1 aliphatic rings. The molecular weight excluding hydrogens is 409 g/mol. The zero-order chi connectivity index (χ0) is 21.3. The van der Waals surface area contributed by atoms with E-state index in [1.165, 1.54) is 12.1 Å². The summed E-state index contributed by atoms with van der Waals surface area (Å²) in [7, 11) is 0. The summed E-state index contributed by atoms with van der Waals surface area (Å²) in [5, 5.41) is 11.6. The molecule has 4 rings (SSSR count). The maximum absolute atomic E-state index is 13.7. The molecular formula is C23H17ClFNO4. The fraction of sp³-hybridized carbons (Fsp3) is 0.130. The Hall–Kier alpha value is -3.38. The molecule has 1 atom stereocenters. The van der Waals surface area contributed by atoms with E-state index < -0.39 is 23.9 Å². The van der Waals surface area contributed by atoms with Crippen LogP contribution in [0.4, 0.5) is 9.18 Å². The number of amides is 1. The molecule has 0 aromatic heterocycles. The third-order valence-electron chi connectivity index (χ3n) is 5.13. The molecule has 0 radical (unpaired) electrons. The van der Waals surface area contributed by atoms with E-state index in [0.29, 0.717) is 0 Å². The van der Waals surface area contributed by atoms with E-state index in [4.69, 9.17) is 16.3 Å². The third-order valence-corrected chi connectivity index (χ3v) is 5.44. The summed E-state index contributed by atoms with van der Waals surface area (Å²) >= 11 is 5.64. The molecule has 3 aromatic carbocycles. The Bertz CT molecular complexity index is 1090. The quantitative estimate of drug-likeness (QED) is 0.593. The minimum atomic E-state index is -1.47. The maximum atomic E-state index is 13.7. The lowest BCUT2D eigenvalue weighted by molar-refractivity contribution is -0.139. The molecule has 0 heterocycles. The van der Waals surface area contributed by atoms with Crippen molar-refractivity contribution >= 4 is 23.7 Å². The van der Waals surface area contributed by atoms with Gasteiger partial charge in [-0.1, -0.05) is 66.2 Å². The van der Waals surface area contributed by atoms with Gasteiger partial charge in [0.15, 0.2) is 6.04 Å². The van der Waals surface area contributed by atoms with Crippen LogP contribution >= 0.6 is 11.6 Å². The van der Waals surface area contributed by atoms with Crippen LogP contribution in [0.3, 0.4) is 0 Å². The third kappa shape index (κ3) is 3.74. The van der Waals surface area contributed by atoms with Gasteiger partial charge < -0.3 is 15.2 Å². The van der Waals surface area contributed by atoms with Gasteiger partial charge in [-0.3, -0.25) is 0 Å². The fourth-order valence-electron chi connectivity index (χ4n) is 3.74. The Labute approximate surface area is 177 Å². The minimum Gasteiger partial charge on any atom is -0.479 e. The number of hydrogen-bond acceptors (Lipinski definition) is 3. The van der Waals surface area contributed by atoms with Gasteiger partial charge in [0.2, 0.25) is 0 Å². The highest BCUT2D eigenvalue weighted by atomic mass is 35.5. The standard InChI is InChI=1S/C23H17ClFNO4/c24-19-10-9-13(11-20(19)25)21(22(27)28)26-23(29)30-12-18-16-7-3-1-5-14(16)15-6-2-4-8-17(15)18/h1-11,18,21H,12H2,(H,26,29)(H,27,28)/t21-/m1/s1. The molecule has 0 spiro atoms. The first-order valence-corrected chi connectivity index (χ1v) is 9.62. The zero-order valence-electron chi connectivity index (χ0n) is 15.6. The van der Waals surface area contributed by atoms with Gasteiger partial charge >= 0.3 is 12.1 Å². The van der Waals surface area contributed by atoms with Crippen LogP contribution in [0.2, 0.25) is 5.02 Å². The molecule has 152 valence electrons. The van der Waals surface area contributed by atoms with Crippen molar-refractivity contribution in [3.05, 3.63) is 94.3 Å². The van der Waals surface area contributed by atoms with Gasteiger partial charge in [-0.15, -0.1) is 0 Å². The van der Waals surface area contributed by atoms with Gasteiger partial charge in [0.25, 0.3) is 0 Å². The molecule has 30 heavy (non-hydrogen) atoms. The van der Waals surface area contributed by atoms with Crippen LogP contribution in [-0.2, 0) is 9.53 Å². The largest absolute Gasteiger partial charge is 0.479 e. The molecule has 0 bridgehead atoms. The molecule has 7 heteroatoms. The summed E-state index contributed by atoms with van der Waals surface area (Å²) in [4.78, 5) is 23.9. The lowest BCUT2D eigenvalue weighted by Crippen LogP contribution is -2.34. The highest BCUT2D eigenvalue weighted by Crippen LogP contribution is 2.44. The van der Waals surface area contributed by atoms with E-state index in [1.54, 1.807) is 0 Å². The number of rotatable bonds is 5. The van der Waals surface area contributed by atoms with Crippen molar-refractivity contribution in [1.82, 2.24) is 5.32 Å².